The minimum absolute atomic E-state index is 0.225. The molecule has 0 bridgehead atoms. The van der Waals surface area contributed by atoms with Gasteiger partial charge in [-0.2, -0.15) is 5.10 Å². The summed E-state index contributed by atoms with van der Waals surface area (Å²) < 4.78 is 6.42. The van der Waals surface area contributed by atoms with Gasteiger partial charge in [-0.1, -0.05) is 54.1 Å². The molecule has 0 saturated carbocycles. The molecule has 0 aliphatic rings. The average molecular weight is 492 g/mol. The van der Waals surface area contributed by atoms with Crippen molar-refractivity contribution in [2.45, 2.75) is 6.92 Å². The van der Waals surface area contributed by atoms with Crippen LogP contribution in [0.3, 0.4) is 0 Å². The van der Waals surface area contributed by atoms with Gasteiger partial charge in [0.2, 0.25) is 0 Å². The van der Waals surface area contributed by atoms with E-state index in [0.717, 1.165) is 15.6 Å². The third kappa shape index (κ3) is 5.31. The number of carbonyl (C=O) groups excluding carboxylic acids is 3. The second-order valence-electron chi connectivity index (χ2n) is 7.19. The van der Waals surface area contributed by atoms with Gasteiger partial charge in [-0.05, 0) is 42.8 Å². The number of nitrogens with zero attached hydrogens (tertiary/aromatic N) is 1. The van der Waals surface area contributed by atoms with Gasteiger partial charge in [0.05, 0.1) is 11.2 Å². The highest BCUT2D eigenvalue weighted by molar-refractivity contribution is 7.21. The summed E-state index contributed by atoms with van der Waals surface area (Å²) in [7, 11) is 0. The Bertz CT molecular complexity index is 1430. The highest BCUT2D eigenvalue weighted by Crippen LogP contribution is 2.36. The Balaban J connectivity index is 1.42. The molecular formula is C25H18ClN3O4S. The first-order valence-corrected chi connectivity index (χ1v) is 11.3. The Kier molecular flexibility index (Phi) is 7.01. The summed E-state index contributed by atoms with van der Waals surface area (Å²) in [6.07, 6.45) is 1.28. The number of carbonyl (C=O) groups is 3. The normalized spacial score (nSPS) is 10.9. The van der Waals surface area contributed by atoms with Gasteiger partial charge in [0.15, 0.2) is 0 Å². The van der Waals surface area contributed by atoms with Crippen LogP contribution in [0.2, 0.25) is 5.02 Å². The smallest absolute Gasteiger partial charge is 0.355 e. The molecule has 0 atom stereocenters. The molecule has 0 radical (unpaired) electrons. The molecule has 2 amide bonds. The molecule has 7 nitrogen and oxygen atoms in total. The molecule has 0 aliphatic carbocycles. The number of hydrazone groups is 1. The molecule has 4 aromatic rings. The van der Waals surface area contributed by atoms with E-state index in [0.29, 0.717) is 16.3 Å². The molecule has 34 heavy (non-hydrogen) atoms. The van der Waals surface area contributed by atoms with Crippen molar-refractivity contribution in [3.63, 3.8) is 0 Å². The first-order chi connectivity index (χ1) is 16.4. The standard InChI is InChI=1S/C25H18ClN3O4S/c1-15-7-6-9-17(13-15)28-23(30)24(31)29-27-14-16-8-2-4-11-19(16)33-25(32)22-21(26)18-10-3-5-12-20(18)34-22/h2-14H,1H3,(H,28,30)(H,29,31)/b27-14+. The van der Waals surface area contributed by atoms with Crippen LogP contribution in [-0.2, 0) is 9.59 Å². The topological polar surface area (TPSA) is 96.9 Å². The zero-order chi connectivity index (χ0) is 24.1. The number of fused-ring (bicyclic) bond motifs is 1. The third-order valence-electron chi connectivity index (χ3n) is 4.69. The lowest BCUT2D eigenvalue weighted by Gasteiger charge is -2.07. The molecule has 9 heteroatoms. The van der Waals surface area contributed by atoms with E-state index < -0.39 is 17.8 Å². The van der Waals surface area contributed by atoms with Crippen molar-refractivity contribution < 1.29 is 19.1 Å². The first-order valence-electron chi connectivity index (χ1n) is 10.1. The van der Waals surface area contributed by atoms with E-state index in [1.54, 1.807) is 42.5 Å². The van der Waals surface area contributed by atoms with Crippen molar-refractivity contribution in [3.8, 4) is 5.75 Å². The number of aryl methyl sites for hydroxylation is 1. The van der Waals surface area contributed by atoms with Crippen LogP contribution >= 0.6 is 22.9 Å². The number of esters is 1. The number of ether oxygens (including phenoxy) is 1. The van der Waals surface area contributed by atoms with Gasteiger partial charge in [-0.25, -0.2) is 10.2 Å². The van der Waals surface area contributed by atoms with Gasteiger partial charge in [0, 0.05) is 21.3 Å². The van der Waals surface area contributed by atoms with Crippen LogP contribution in [-0.4, -0.2) is 24.0 Å². The van der Waals surface area contributed by atoms with Gasteiger partial charge in [-0.3, -0.25) is 9.59 Å². The summed E-state index contributed by atoms with van der Waals surface area (Å²) >= 11 is 7.61. The molecular weight excluding hydrogens is 474 g/mol. The highest BCUT2D eigenvalue weighted by Gasteiger charge is 2.20. The second-order valence-corrected chi connectivity index (χ2v) is 8.62. The van der Waals surface area contributed by atoms with Crippen LogP contribution in [0, 0.1) is 6.92 Å². The van der Waals surface area contributed by atoms with Crippen LogP contribution in [0.1, 0.15) is 20.8 Å². The molecule has 0 spiro atoms. The first kappa shape index (κ1) is 23.2. The molecule has 1 heterocycles. The van der Waals surface area contributed by atoms with E-state index >= 15 is 0 Å². The number of amides is 2. The maximum atomic E-state index is 12.8. The zero-order valence-corrected chi connectivity index (χ0v) is 19.4. The number of anilines is 1. The van der Waals surface area contributed by atoms with E-state index in [4.69, 9.17) is 16.3 Å². The van der Waals surface area contributed by atoms with Gasteiger partial charge in [-0.15, -0.1) is 11.3 Å². The molecule has 0 unspecified atom stereocenters. The second kappa shape index (κ2) is 10.3. The van der Waals surface area contributed by atoms with E-state index in [1.807, 2.05) is 37.3 Å². The Morgan fingerprint density at radius 3 is 2.53 bits per heavy atom. The molecule has 4 rings (SSSR count). The quantitative estimate of drug-likeness (QED) is 0.132. The van der Waals surface area contributed by atoms with Crippen molar-refractivity contribution in [1.82, 2.24) is 5.43 Å². The van der Waals surface area contributed by atoms with Crippen molar-refractivity contribution in [1.29, 1.82) is 0 Å². The lowest BCUT2D eigenvalue weighted by Crippen LogP contribution is -2.32. The molecule has 0 aliphatic heterocycles. The fourth-order valence-corrected chi connectivity index (χ4v) is 4.48. The minimum atomic E-state index is -0.940. The number of rotatable bonds is 5. The third-order valence-corrected chi connectivity index (χ3v) is 6.35. The molecule has 0 saturated heterocycles. The molecule has 2 N–H and O–H groups in total. The SMILES string of the molecule is Cc1cccc(NC(=O)C(=O)N/N=C/c2ccccc2OC(=O)c2sc3ccccc3c2Cl)c1. The largest absolute Gasteiger partial charge is 0.422 e. The summed E-state index contributed by atoms with van der Waals surface area (Å²) in [5.41, 5.74) is 4.03. The number of thiophene rings is 1. The van der Waals surface area contributed by atoms with Crippen molar-refractivity contribution in [3.05, 3.63) is 93.8 Å². The molecule has 1 aromatic heterocycles. The predicted molar refractivity (Wildman–Crippen MR) is 134 cm³/mol. The summed E-state index contributed by atoms with van der Waals surface area (Å²) in [4.78, 5) is 37.2. The molecule has 170 valence electrons. The lowest BCUT2D eigenvalue weighted by molar-refractivity contribution is -0.136. The monoisotopic (exact) mass is 491 g/mol. The zero-order valence-electron chi connectivity index (χ0n) is 17.9. The van der Waals surface area contributed by atoms with E-state index in [1.165, 1.54) is 17.6 Å². The van der Waals surface area contributed by atoms with Crippen LogP contribution in [0.25, 0.3) is 10.1 Å². The van der Waals surface area contributed by atoms with Crippen LogP contribution in [0.5, 0.6) is 5.75 Å². The highest BCUT2D eigenvalue weighted by atomic mass is 35.5. The van der Waals surface area contributed by atoms with Crippen LogP contribution < -0.4 is 15.5 Å². The fraction of sp³-hybridized carbons (Fsp3) is 0.0400. The number of benzene rings is 3. The van der Waals surface area contributed by atoms with E-state index in [2.05, 4.69) is 15.8 Å². The number of hydrogen-bond acceptors (Lipinski definition) is 6. The van der Waals surface area contributed by atoms with E-state index in [-0.39, 0.29) is 10.6 Å². The van der Waals surface area contributed by atoms with Gasteiger partial charge in [0.25, 0.3) is 0 Å². The van der Waals surface area contributed by atoms with Gasteiger partial charge < -0.3 is 10.1 Å². The van der Waals surface area contributed by atoms with Crippen LogP contribution in [0.15, 0.2) is 77.9 Å². The molecule has 3 aromatic carbocycles. The fourth-order valence-electron chi connectivity index (χ4n) is 3.09. The van der Waals surface area contributed by atoms with Crippen molar-refractivity contribution in [2.75, 3.05) is 5.32 Å². The maximum absolute atomic E-state index is 12.8. The Morgan fingerprint density at radius 1 is 0.971 bits per heavy atom. The Hall–Kier alpha value is -4.01. The maximum Gasteiger partial charge on any atom is 0.355 e. The van der Waals surface area contributed by atoms with Crippen molar-refractivity contribution in [2.24, 2.45) is 5.10 Å². The minimum Gasteiger partial charge on any atom is -0.422 e. The van der Waals surface area contributed by atoms with E-state index in [9.17, 15) is 14.4 Å². The summed E-state index contributed by atoms with van der Waals surface area (Å²) in [5.74, 6) is -2.18. The Morgan fingerprint density at radius 2 is 1.74 bits per heavy atom. The number of halogens is 1. The molecule has 0 fully saturated rings. The number of hydrogen-bond donors (Lipinski definition) is 2. The van der Waals surface area contributed by atoms with Crippen LogP contribution in [0.4, 0.5) is 5.69 Å². The lowest BCUT2D eigenvalue weighted by atomic mass is 10.2. The summed E-state index contributed by atoms with van der Waals surface area (Å²) in [5, 5.41) is 7.43. The Labute approximate surface area is 204 Å². The number of nitrogens with one attached hydrogen (secondary N) is 2. The average Bonchev–Trinajstić information content (AvgIpc) is 3.17. The summed E-state index contributed by atoms with van der Waals surface area (Å²) in [6, 6.07) is 21.1. The van der Waals surface area contributed by atoms with Gasteiger partial charge >= 0.3 is 17.8 Å². The van der Waals surface area contributed by atoms with Gasteiger partial charge in [0.1, 0.15) is 10.6 Å². The predicted octanol–water partition coefficient (Wildman–Crippen LogP) is 5.17. The van der Waals surface area contributed by atoms with Crippen molar-refractivity contribution >= 4 is 62.7 Å². The number of para-hydroxylation sites is 1. The summed E-state index contributed by atoms with van der Waals surface area (Å²) in [6.45, 7) is 1.87.